The molecule has 1 spiro atoms. The van der Waals surface area contributed by atoms with Gasteiger partial charge in [-0.2, -0.15) is 10.2 Å². The summed E-state index contributed by atoms with van der Waals surface area (Å²) in [5.41, 5.74) is 10.6. The molecule has 6 aromatic rings. The number of aryl methyl sites for hydroxylation is 1. The molecule has 5 aromatic heterocycles. The van der Waals surface area contributed by atoms with Crippen LogP contribution in [-0.2, 0) is 21.4 Å². The Bertz CT molecular complexity index is 3100. The highest BCUT2D eigenvalue weighted by molar-refractivity contribution is 6.09. The molecule has 0 bridgehead atoms. The highest BCUT2D eigenvalue weighted by Gasteiger charge is 2.54. The minimum Gasteiger partial charge on any atom is -0.439 e. The van der Waals surface area contributed by atoms with Crippen LogP contribution in [0.3, 0.4) is 0 Å². The molecule has 6 fully saturated rings. The smallest absolute Gasteiger partial charge is 0.410 e. The van der Waals surface area contributed by atoms with Crippen LogP contribution in [0.2, 0.25) is 0 Å². The molecule has 1 saturated carbocycles. The fraction of sp³-hybridized carbons (Fsp3) is 0.521. The number of hydrogen-bond donors (Lipinski definition) is 2. The number of ether oxygens (including phenoxy) is 1. The number of carbonyl (C=O) groups is 4. The predicted octanol–water partition coefficient (Wildman–Crippen LogP) is 4.58. The number of imide groups is 1. The zero-order valence-corrected chi connectivity index (χ0v) is 39.9. The lowest BCUT2D eigenvalue weighted by molar-refractivity contribution is -0.135. The molecule has 71 heavy (non-hydrogen) atoms. The molecule has 0 radical (unpaired) electrons. The van der Waals surface area contributed by atoms with Crippen molar-refractivity contribution in [3.63, 3.8) is 0 Å². The number of fused-ring (bicyclic) bond motifs is 2. The lowest BCUT2D eigenvalue weighted by atomic mass is 9.71. The lowest BCUT2D eigenvalue weighted by Crippen LogP contribution is -2.74. The number of anilines is 3. The summed E-state index contributed by atoms with van der Waals surface area (Å²) >= 11 is 0. The van der Waals surface area contributed by atoms with Crippen LogP contribution >= 0.6 is 0 Å². The SMILES string of the molecule is CC(C)n1nc(-c2noc(C3CC3)c2-c2ncc(C3CCN(C(=O)COC(=O)N4CCC(N5CC6(CN(c7ccc8c(N9CCC(=O)NC9=O)nn(C)c8c7F)C6)C5)CC4)CC3)cn2)c2c(N)ncnc21. The van der Waals surface area contributed by atoms with E-state index in [9.17, 15) is 19.2 Å². The van der Waals surface area contributed by atoms with Crippen molar-refractivity contribution < 1.29 is 32.8 Å². The van der Waals surface area contributed by atoms with Gasteiger partial charge in [0, 0.05) is 114 Å². The average Bonchev–Trinajstić information content (AvgIpc) is 3.82. The number of likely N-dealkylation sites (tertiary alicyclic amines) is 3. The number of carbonyl (C=O) groups excluding carboxylic acids is 4. The van der Waals surface area contributed by atoms with E-state index in [1.165, 1.54) is 15.9 Å². The largest absolute Gasteiger partial charge is 0.439 e. The third-order valence-electron chi connectivity index (χ3n) is 15.4. The highest BCUT2D eigenvalue weighted by atomic mass is 19.1. The summed E-state index contributed by atoms with van der Waals surface area (Å²) in [6.07, 6.45) is 9.87. The van der Waals surface area contributed by atoms with Crippen molar-refractivity contribution in [1.82, 2.24) is 64.7 Å². The normalized spacial score (nSPS) is 20.1. The molecule has 10 heterocycles. The standard InChI is InChI=1S/C48H55FN16O6/c1-26(2)65-45-36(42(50)53-25-54-45)38(56-65)39-35(41(71-58-39)28-4-5-28)43-51-18-29(19-52-43)27-8-13-60(14-9-27)34(67)20-70-47(69)61-15-10-30(11-16-61)62-21-48(22-62)23-63(24-48)32-7-6-31-40(37(32)49)59(3)57-44(31)64-17-12-33(66)55-46(64)68/h6-7,18-19,25-28,30H,4-5,8-17,20-24H2,1-3H3,(H2,50,53,54)(H,55,66,68). The number of urea groups is 1. The lowest BCUT2D eigenvalue weighted by Gasteiger charge is -2.63. The first-order valence-electron chi connectivity index (χ1n) is 24.6. The van der Waals surface area contributed by atoms with Crippen LogP contribution in [0.25, 0.3) is 44.7 Å². The number of rotatable bonds is 10. The summed E-state index contributed by atoms with van der Waals surface area (Å²) in [5.74, 6) is 1.31. The van der Waals surface area contributed by atoms with Gasteiger partial charge >= 0.3 is 12.1 Å². The van der Waals surface area contributed by atoms with E-state index in [1.54, 1.807) is 29.0 Å². The van der Waals surface area contributed by atoms with Crippen LogP contribution in [0.5, 0.6) is 0 Å². The molecule has 5 aliphatic heterocycles. The van der Waals surface area contributed by atoms with Crippen LogP contribution in [0.1, 0.15) is 88.0 Å². The second-order valence-electron chi connectivity index (χ2n) is 20.4. The Kier molecular flexibility index (Phi) is 10.9. The molecule has 3 N–H and O–H groups in total. The Morgan fingerprint density at radius 2 is 1.63 bits per heavy atom. The first-order valence-corrected chi connectivity index (χ1v) is 24.6. The predicted molar refractivity (Wildman–Crippen MR) is 256 cm³/mol. The van der Waals surface area contributed by atoms with Crippen molar-refractivity contribution in [2.45, 2.75) is 82.7 Å². The van der Waals surface area contributed by atoms with Gasteiger partial charge < -0.3 is 29.7 Å². The van der Waals surface area contributed by atoms with Crippen molar-refractivity contribution in [2.75, 3.05) is 81.0 Å². The Hall–Kier alpha value is -7.30. The van der Waals surface area contributed by atoms with Crippen LogP contribution in [0.4, 0.5) is 31.3 Å². The second kappa shape index (κ2) is 17.2. The van der Waals surface area contributed by atoms with Crippen molar-refractivity contribution in [1.29, 1.82) is 0 Å². The zero-order valence-electron chi connectivity index (χ0n) is 39.9. The van der Waals surface area contributed by atoms with Gasteiger partial charge in [-0.15, -0.1) is 0 Å². The number of nitrogens with two attached hydrogens (primary N) is 1. The fourth-order valence-corrected chi connectivity index (χ4v) is 11.4. The number of aromatic nitrogens is 9. The van der Waals surface area contributed by atoms with E-state index in [4.69, 9.17) is 30.1 Å². The molecule has 0 atom stereocenters. The number of amides is 5. The Morgan fingerprint density at radius 1 is 0.901 bits per heavy atom. The summed E-state index contributed by atoms with van der Waals surface area (Å²) in [6.45, 7) is 9.37. The van der Waals surface area contributed by atoms with Crippen LogP contribution in [0, 0.1) is 11.2 Å². The monoisotopic (exact) mass is 970 g/mol. The van der Waals surface area contributed by atoms with E-state index >= 15 is 4.39 Å². The zero-order chi connectivity index (χ0) is 48.9. The molecule has 5 saturated heterocycles. The average molecular weight is 971 g/mol. The number of nitrogen functional groups attached to an aromatic ring is 1. The maximum absolute atomic E-state index is 16.1. The number of piperidine rings is 2. The van der Waals surface area contributed by atoms with E-state index < -0.39 is 12.1 Å². The van der Waals surface area contributed by atoms with E-state index in [-0.39, 0.29) is 60.5 Å². The molecule has 12 rings (SSSR count). The molecule has 1 aliphatic carbocycles. The quantitative estimate of drug-likeness (QED) is 0.191. The van der Waals surface area contributed by atoms with Crippen molar-refractivity contribution in [3.05, 3.63) is 48.0 Å². The van der Waals surface area contributed by atoms with Crippen molar-refractivity contribution >= 4 is 63.2 Å². The molecular formula is C48H55FN16O6. The second-order valence-corrected chi connectivity index (χ2v) is 20.4. The number of nitrogens with zero attached hydrogens (tertiary/aromatic N) is 14. The minimum absolute atomic E-state index is 0.0145. The molecule has 6 aliphatic rings. The van der Waals surface area contributed by atoms with Gasteiger partial charge in [-0.05, 0) is 76.0 Å². The highest BCUT2D eigenvalue weighted by Crippen LogP contribution is 2.49. The minimum atomic E-state index is -0.559. The molecular weight excluding hydrogens is 916 g/mol. The fourth-order valence-electron chi connectivity index (χ4n) is 11.4. The summed E-state index contributed by atoms with van der Waals surface area (Å²) < 4.78 is 30.8. The maximum Gasteiger partial charge on any atom is 0.410 e. The molecule has 1 aromatic carbocycles. The van der Waals surface area contributed by atoms with Crippen LogP contribution < -0.4 is 20.9 Å². The Balaban J connectivity index is 0.597. The van der Waals surface area contributed by atoms with Gasteiger partial charge in [0.15, 0.2) is 35.5 Å². The number of nitrogens with one attached hydrogen (secondary N) is 1. The van der Waals surface area contributed by atoms with Gasteiger partial charge in [-0.3, -0.25) is 29.4 Å². The number of hydrogen-bond acceptors (Lipinski definition) is 16. The van der Waals surface area contributed by atoms with Crippen LogP contribution in [-0.4, -0.2) is 155 Å². The van der Waals surface area contributed by atoms with Crippen molar-refractivity contribution in [2.24, 2.45) is 12.5 Å². The van der Waals surface area contributed by atoms with E-state index in [0.717, 1.165) is 76.0 Å². The Labute approximate surface area is 406 Å². The summed E-state index contributed by atoms with van der Waals surface area (Å²) in [4.78, 5) is 78.3. The van der Waals surface area contributed by atoms with Gasteiger partial charge in [0.25, 0.3) is 5.91 Å². The Morgan fingerprint density at radius 3 is 2.34 bits per heavy atom. The molecule has 5 amide bonds. The third kappa shape index (κ3) is 7.84. The topological polar surface area (TPSA) is 245 Å². The first-order chi connectivity index (χ1) is 34.3. The van der Waals surface area contributed by atoms with Crippen molar-refractivity contribution in [3.8, 4) is 22.8 Å². The summed E-state index contributed by atoms with van der Waals surface area (Å²) in [5, 5.41) is 17.3. The van der Waals surface area contributed by atoms with E-state index in [2.05, 4.69) is 35.3 Å². The van der Waals surface area contributed by atoms with Crippen LogP contribution in [0.15, 0.2) is 35.4 Å². The van der Waals surface area contributed by atoms with Gasteiger partial charge in [0.05, 0.1) is 16.6 Å². The van der Waals surface area contributed by atoms with E-state index in [1.807, 2.05) is 30.9 Å². The molecule has 0 unspecified atom stereocenters. The van der Waals surface area contributed by atoms with E-state index in [0.29, 0.717) is 94.3 Å². The van der Waals surface area contributed by atoms with Gasteiger partial charge in [-0.25, -0.2) is 38.6 Å². The first kappa shape index (κ1) is 44.9. The molecule has 370 valence electrons. The molecule has 23 heteroatoms. The number of benzene rings is 1. The summed E-state index contributed by atoms with van der Waals surface area (Å²) in [7, 11) is 1.66. The van der Waals surface area contributed by atoms with Gasteiger partial charge in [0.1, 0.15) is 29.0 Å². The number of halogens is 1. The van der Waals surface area contributed by atoms with Gasteiger partial charge in [-0.1, -0.05) is 5.16 Å². The molecule has 22 nitrogen and oxygen atoms in total. The maximum atomic E-state index is 16.1. The van der Waals surface area contributed by atoms with Gasteiger partial charge in [0.2, 0.25) is 5.91 Å². The summed E-state index contributed by atoms with van der Waals surface area (Å²) in [6, 6.07) is 3.34. The third-order valence-corrected chi connectivity index (χ3v) is 15.4.